The summed E-state index contributed by atoms with van der Waals surface area (Å²) >= 11 is 0. The van der Waals surface area contributed by atoms with E-state index in [2.05, 4.69) is 121 Å². The summed E-state index contributed by atoms with van der Waals surface area (Å²) in [4.78, 5) is 0. The summed E-state index contributed by atoms with van der Waals surface area (Å²) in [5.74, 6) is 5.22. The van der Waals surface area contributed by atoms with Crippen LogP contribution in [0.25, 0.3) is 77.2 Å². The Bertz CT molecular complexity index is 2820. The van der Waals surface area contributed by atoms with Crippen LogP contribution in [0.2, 0.25) is 0 Å². The van der Waals surface area contributed by atoms with Crippen LogP contribution in [0.4, 0.5) is 0 Å². The molecule has 2 heterocycles. The van der Waals surface area contributed by atoms with E-state index in [0.29, 0.717) is 0 Å². The molecule has 4 fully saturated rings. The Labute approximate surface area is 302 Å². The molecule has 7 aromatic carbocycles. The zero-order chi connectivity index (χ0) is 33.7. The second kappa shape index (κ2) is 9.83. The lowest BCUT2D eigenvalue weighted by Crippen LogP contribution is -2.55. The van der Waals surface area contributed by atoms with Crippen molar-refractivity contribution in [2.45, 2.75) is 37.5 Å². The fourth-order valence-corrected chi connectivity index (χ4v) is 12.3. The van der Waals surface area contributed by atoms with Crippen molar-refractivity contribution in [1.82, 2.24) is 0 Å². The number of fused-ring (bicyclic) bond motifs is 8. The fourth-order valence-electron chi connectivity index (χ4n) is 12.3. The normalized spacial score (nSPS) is 24.4. The Hall–Kier alpha value is -5.60. The van der Waals surface area contributed by atoms with E-state index in [1.807, 2.05) is 12.1 Å². The Balaban J connectivity index is 0.961. The van der Waals surface area contributed by atoms with Gasteiger partial charge in [0, 0.05) is 27.1 Å². The molecule has 2 heteroatoms. The lowest BCUT2D eigenvalue weighted by Gasteiger charge is -2.61. The first kappa shape index (κ1) is 28.0. The van der Waals surface area contributed by atoms with E-state index >= 15 is 0 Å². The highest BCUT2D eigenvalue weighted by molar-refractivity contribution is 6.11. The molecule has 248 valence electrons. The van der Waals surface area contributed by atoms with Gasteiger partial charge in [0.1, 0.15) is 22.7 Å². The summed E-state index contributed by atoms with van der Waals surface area (Å²) in [6.45, 7) is 0. The molecule has 8 aromatic rings. The molecule has 14 rings (SSSR count). The molecule has 0 unspecified atom stereocenters. The van der Waals surface area contributed by atoms with Crippen LogP contribution in [-0.2, 0) is 5.41 Å². The number of furan rings is 1. The largest absolute Gasteiger partial charge is 0.456 e. The average molecular weight is 669 g/mol. The van der Waals surface area contributed by atoms with E-state index < -0.39 is 0 Å². The van der Waals surface area contributed by atoms with Gasteiger partial charge in [-0.15, -0.1) is 0 Å². The number of para-hydroxylation sites is 1. The van der Waals surface area contributed by atoms with Crippen LogP contribution in [0.5, 0.6) is 11.5 Å². The van der Waals surface area contributed by atoms with E-state index in [0.717, 1.165) is 62.7 Å². The number of hydrogen-bond acceptors (Lipinski definition) is 2. The van der Waals surface area contributed by atoms with Crippen molar-refractivity contribution in [1.29, 1.82) is 0 Å². The van der Waals surface area contributed by atoms with Gasteiger partial charge in [0.15, 0.2) is 0 Å². The van der Waals surface area contributed by atoms with E-state index in [1.54, 1.807) is 11.1 Å². The quantitative estimate of drug-likeness (QED) is 0.183. The first-order chi connectivity index (χ1) is 25.7. The maximum atomic E-state index is 6.70. The van der Waals surface area contributed by atoms with E-state index in [9.17, 15) is 0 Å². The molecule has 5 aliphatic carbocycles. The zero-order valence-electron chi connectivity index (χ0n) is 28.9. The number of rotatable bonds is 2. The van der Waals surface area contributed by atoms with E-state index in [-0.39, 0.29) is 5.41 Å². The predicted octanol–water partition coefficient (Wildman–Crippen LogP) is 13.6. The lowest BCUT2D eigenvalue weighted by molar-refractivity contribution is -0.0399. The molecule has 0 amide bonds. The zero-order valence-corrected chi connectivity index (χ0v) is 28.9. The highest BCUT2D eigenvalue weighted by Gasteiger charge is 2.61. The second-order valence-electron chi connectivity index (χ2n) is 16.4. The SMILES string of the molecule is c1ccc2c(c1)-c1ccc(-c3ccc4c5c(cccc35)-c3cc(-c5ccc6oc7ccccc7c6c5)ccc3O4)cc1C21C2CC3CC(C2)CC1C3. The number of hydrogen-bond donors (Lipinski definition) is 0. The smallest absolute Gasteiger partial charge is 0.135 e. The molecule has 0 N–H and O–H groups in total. The molecule has 4 bridgehead atoms. The molecule has 0 atom stereocenters. The van der Waals surface area contributed by atoms with Crippen LogP contribution in [0, 0.1) is 23.7 Å². The Morgan fingerprint density at radius 2 is 1.10 bits per heavy atom. The highest BCUT2D eigenvalue weighted by atomic mass is 16.5. The molecule has 2 nitrogen and oxygen atoms in total. The van der Waals surface area contributed by atoms with Crippen molar-refractivity contribution in [2.75, 3.05) is 0 Å². The van der Waals surface area contributed by atoms with Gasteiger partial charge in [0.2, 0.25) is 0 Å². The molecule has 0 saturated heterocycles. The number of ether oxygens (including phenoxy) is 1. The molecule has 1 spiro atoms. The predicted molar refractivity (Wildman–Crippen MR) is 211 cm³/mol. The molecule has 52 heavy (non-hydrogen) atoms. The monoisotopic (exact) mass is 668 g/mol. The standard InChI is InChI=1S/C50H36O2/c1-3-10-43-36(6-1)37-15-12-32(27-44(37)50(43)33-21-28-20-29(23-33)24-34(50)22-28)35-16-19-48-49-39(35)8-5-9-40(49)42-26-31(14-18-47(42)52-48)30-13-17-46-41(25-30)38-7-2-4-11-45(38)51-46/h1-19,25-29,33-34H,20-24H2. The van der Waals surface area contributed by atoms with Crippen LogP contribution in [-0.4, -0.2) is 0 Å². The van der Waals surface area contributed by atoms with Crippen molar-refractivity contribution in [3.05, 3.63) is 145 Å². The first-order valence-corrected chi connectivity index (χ1v) is 19.2. The molecule has 0 radical (unpaired) electrons. The lowest BCUT2D eigenvalue weighted by atomic mass is 9.43. The number of benzene rings is 7. The minimum absolute atomic E-state index is 0.159. The summed E-state index contributed by atoms with van der Waals surface area (Å²) in [7, 11) is 0. The summed E-state index contributed by atoms with van der Waals surface area (Å²) in [5.41, 5.74) is 15.5. The minimum atomic E-state index is 0.159. The summed E-state index contributed by atoms with van der Waals surface area (Å²) < 4.78 is 12.8. The van der Waals surface area contributed by atoms with E-state index in [1.165, 1.54) is 81.8 Å². The highest BCUT2D eigenvalue weighted by Crippen LogP contribution is 2.69. The molecule has 4 saturated carbocycles. The van der Waals surface area contributed by atoms with Crippen LogP contribution in [0.1, 0.15) is 43.2 Å². The second-order valence-corrected chi connectivity index (χ2v) is 16.4. The Kier molecular flexibility index (Phi) is 5.30. The van der Waals surface area contributed by atoms with Crippen LogP contribution in [0.15, 0.2) is 138 Å². The molecular weight excluding hydrogens is 633 g/mol. The molecule has 1 aromatic heterocycles. The van der Waals surface area contributed by atoms with Gasteiger partial charge < -0.3 is 9.15 Å². The van der Waals surface area contributed by atoms with Gasteiger partial charge >= 0.3 is 0 Å². The maximum Gasteiger partial charge on any atom is 0.135 e. The van der Waals surface area contributed by atoms with Crippen LogP contribution < -0.4 is 4.74 Å². The maximum absolute atomic E-state index is 6.70. The van der Waals surface area contributed by atoms with Crippen molar-refractivity contribution in [2.24, 2.45) is 23.7 Å². The van der Waals surface area contributed by atoms with Crippen LogP contribution in [0.3, 0.4) is 0 Å². The summed E-state index contributed by atoms with van der Waals surface area (Å²) in [6.07, 6.45) is 7.07. The first-order valence-electron chi connectivity index (χ1n) is 19.2. The van der Waals surface area contributed by atoms with E-state index in [4.69, 9.17) is 9.15 Å². The summed E-state index contributed by atoms with van der Waals surface area (Å²) in [6, 6.07) is 49.7. The topological polar surface area (TPSA) is 22.4 Å². The Morgan fingerprint density at radius 1 is 0.423 bits per heavy atom. The van der Waals surface area contributed by atoms with Gasteiger partial charge in [-0.1, -0.05) is 91.0 Å². The van der Waals surface area contributed by atoms with Gasteiger partial charge in [0.25, 0.3) is 0 Å². The van der Waals surface area contributed by atoms with Crippen molar-refractivity contribution in [3.63, 3.8) is 0 Å². The third-order valence-electron chi connectivity index (χ3n) is 14.1. The van der Waals surface area contributed by atoms with Gasteiger partial charge in [-0.25, -0.2) is 0 Å². The molecular formula is C50H36O2. The summed E-state index contributed by atoms with van der Waals surface area (Å²) in [5, 5.41) is 4.75. The van der Waals surface area contributed by atoms with Crippen molar-refractivity contribution in [3.8, 4) is 56.0 Å². The van der Waals surface area contributed by atoms with Gasteiger partial charge in [-0.2, -0.15) is 0 Å². The van der Waals surface area contributed by atoms with Crippen LogP contribution >= 0.6 is 0 Å². The fraction of sp³-hybridized carbons (Fsp3) is 0.200. The average Bonchev–Trinajstić information content (AvgIpc) is 3.70. The third-order valence-corrected chi connectivity index (χ3v) is 14.1. The molecule has 6 aliphatic rings. The van der Waals surface area contributed by atoms with Gasteiger partial charge in [-0.05, 0) is 154 Å². The third kappa shape index (κ3) is 3.51. The van der Waals surface area contributed by atoms with Crippen molar-refractivity contribution < 1.29 is 9.15 Å². The van der Waals surface area contributed by atoms with Gasteiger partial charge in [-0.3, -0.25) is 0 Å². The van der Waals surface area contributed by atoms with Gasteiger partial charge in [0.05, 0.1) is 0 Å². The van der Waals surface area contributed by atoms with Crippen molar-refractivity contribution >= 4 is 32.7 Å². The minimum Gasteiger partial charge on any atom is -0.456 e. The Morgan fingerprint density at radius 3 is 2.00 bits per heavy atom. The molecule has 1 aliphatic heterocycles.